The zero-order valence-electron chi connectivity index (χ0n) is 10.6. The van der Waals surface area contributed by atoms with Crippen molar-refractivity contribution in [2.45, 2.75) is 13.8 Å². The van der Waals surface area contributed by atoms with Gasteiger partial charge in [0.05, 0.1) is 0 Å². The summed E-state index contributed by atoms with van der Waals surface area (Å²) in [7, 11) is 0. The van der Waals surface area contributed by atoms with E-state index in [2.05, 4.69) is 0 Å². The Labute approximate surface area is 116 Å². The van der Waals surface area contributed by atoms with Crippen LogP contribution in [0.3, 0.4) is 0 Å². The summed E-state index contributed by atoms with van der Waals surface area (Å²) in [6.07, 6.45) is 0. The van der Waals surface area contributed by atoms with Crippen molar-refractivity contribution >= 4 is 23.2 Å². The summed E-state index contributed by atoms with van der Waals surface area (Å²) in [4.78, 5) is 24.9. The molecule has 0 amide bonds. The highest BCUT2D eigenvalue weighted by Crippen LogP contribution is 2.30. The van der Waals surface area contributed by atoms with Crippen molar-refractivity contribution in [2.75, 3.05) is 0 Å². The second-order valence-electron chi connectivity index (χ2n) is 4.83. The van der Waals surface area contributed by atoms with Crippen LogP contribution in [0, 0.1) is 13.8 Å². The number of aryl methyl sites for hydroxylation is 2. The fraction of sp³-hybridized carbons (Fsp3) is 0.125. The molecule has 0 aliphatic heterocycles. The molecule has 0 heterocycles. The Balaban J connectivity index is 2.32. The first-order chi connectivity index (χ1) is 8.99. The maximum atomic E-state index is 12.5. The monoisotopic (exact) mass is 270 g/mol. The molecule has 0 aromatic heterocycles. The van der Waals surface area contributed by atoms with Gasteiger partial charge in [0.2, 0.25) is 0 Å². The molecule has 2 nitrogen and oxygen atoms in total. The van der Waals surface area contributed by atoms with Gasteiger partial charge in [-0.25, -0.2) is 0 Å². The summed E-state index contributed by atoms with van der Waals surface area (Å²) in [5.74, 6) is -0.237. The van der Waals surface area contributed by atoms with Gasteiger partial charge in [-0.15, -0.1) is 0 Å². The number of rotatable bonds is 0. The zero-order valence-corrected chi connectivity index (χ0v) is 11.3. The summed E-state index contributed by atoms with van der Waals surface area (Å²) in [6, 6.07) is 8.40. The number of hydrogen-bond donors (Lipinski definition) is 0. The topological polar surface area (TPSA) is 34.1 Å². The lowest BCUT2D eigenvalue weighted by atomic mass is 9.82. The predicted molar refractivity (Wildman–Crippen MR) is 74.2 cm³/mol. The van der Waals surface area contributed by atoms with Gasteiger partial charge in [-0.05, 0) is 55.3 Å². The van der Waals surface area contributed by atoms with Crippen LogP contribution in [0.25, 0.3) is 0 Å². The second-order valence-corrected chi connectivity index (χ2v) is 5.27. The Kier molecular flexibility index (Phi) is 2.58. The number of carbonyl (C=O) groups is 2. The average Bonchev–Trinajstić information content (AvgIpc) is 2.38. The van der Waals surface area contributed by atoms with E-state index in [9.17, 15) is 9.59 Å². The molecule has 19 heavy (non-hydrogen) atoms. The predicted octanol–water partition coefficient (Wildman–Crippen LogP) is 3.73. The lowest BCUT2D eigenvalue weighted by Gasteiger charge is -2.19. The van der Waals surface area contributed by atoms with Crippen LogP contribution in [0.5, 0.6) is 0 Å². The fourth-order valence-corrected chi connectivity index (χ4v) is 2.56. The van der Waals surface area contributed by atoms with Crippen LogP contribution < -0.4 is 0 Å². The Bertz CT molecular complexity index is 745. The zero-order chi connectivity index (χ0) is 13.7. The second kappa shape index (κ2) is 4.04. The molecule has 0 unspecified atom stereocenters. The van der Waals surface area contributed by atoms with Gasteiger partial charge in [-0.1, -0.05) is 11.6 Å². The maximum absolute atomic E-state index is 12.5. The van der Waals surface area contributed by atoms with Crippen LogP contribution in [-0.4, -0.2) is 11.6 Å². The normalized spacial score (nSPS) is 13.2. The van der Waals surface area contributed by atoms with E-state index in [0.717, 1.165) is 11.1 Å². The molecule has 0 radical (unpaired) electrons. The summed E-state index contributed by atoms with van der Waals surface area (Å²) in [6.45, 7) is 3.87. The van der Waals surface area contributed by atoms with Crippen LogP contribution in [-0.2, 0) is 0 Å². The standard InChI is InChI=1S/C16H11ClO2/c1-8-5-12-13(6-9(8)2)16(19)14-7-10(17)3-4-11(14)15(12)18/h3-7H,1-2H3. The van der Waals surface area contributed by atoms with E-state index >= 15 is 0 Å². The van der Waals surface area contributed by atoms with Crippen molar-refractivity contribution in [3.8, 4) is 0 Å². The third-order valence-corrected chi connectivity index (χ3v) is 3.83. The first-order valence-corrected chi connectivity index (χ1v) is 6.37. The van der Waals surface area contributed by atoms with E-state index in [4.69, 9.17) is 11.6 Å². The number of carbonyl (C=O) groups excluding carboxylic acids is 2. The van der Waals surface area contributed by atoms with Gasteiger partial charge in [0.1, 0.15) is 0 Å². The van der Waals surface area contributed by atoms with Crippen molar-refractivity contribution in [3.05, 3.63) is 68.7 Å². The molecule has 0 fully saturated rings. The summed E-state index contributed by atoms with van der Waals surface area (Å²) < 4.78 is 0. The summed E-state index contributed by atoms with van der Waals surface area (Å²) >= 11 is 5.91. The van der Waals surface area contributed by atoms with Gasteiger partial charge in [0.15, 0.2) is 11.6 Å². The Morgan fingerprint density at radius 1 is 0.737 bits per heavy atom. The summed E-state index contributed by atoms with van der Waals surface area (Å²) in [5, 5.41) is 0.465. The van der Waals surface area contributed by atoms with Crippen LogP contribution in [0.4, 0.5) is 0 Å². The Morgan fingerprint density at radius 3 is 1.79 bits per heavy atom. The van der Waals surface area contributed by atoms with Crippen molar-refractivity contribution in [3.63, 3.8) is 0 Å². The minimum absolute atomic E-state index is 0.107. The maximum Gasteiger partial charge on any atom is 0.194 e. The minimum atomic E-state index is -0.129. The van der Waals surface area contributed by atoms with E-state index in [1.165, 1.54) is 0 Å². The lowest BCUT2D eigenvalue weighted by Crippen LogP contribution is -2.21. The van der Waals surface area contributed by atoms with E-state index in [-0.39, 0.29) is 11.6 Å². The molecule has 0 bridgehead atoms. The third-order valence-electron chi connectivity index (χ3n) is 3.59. The number of ketones is 2. The lowest BCUT2D eigenvalue weighted by molar-refractivity contribution is 0.0979. The van der Waals surface area contributed by atoms with Gasteiger partial charge in [0, 0.05) is 27.3 Å². The number of halogens is 1. The van der Waals surface area contributed by atoms with Crippen molar-refractivity contribution in [2.24, 2.45) is 0 Å². The molecule has 0 atom stereocenters. The molecule has 2 aromatic rings. The van der Waals surface area contributed by atoms with Crippen molar-refractivity contribution in [1.29, 1.82) is 0 Å². The van der Waals surface area contributed by atoms with Gasteiger partial charge in [0.25, 0.3) is 0 Å². The largest absolute Gasteiger partial charge is 0.289 e. The first kappa shape index (κ1) is 12.1. The number of hydrogen-bond acceptors (Lipinski definition) is 2. The SMILES string of the molecule is Cc1cc2c(cc1C)C(=O)c1cc(Cl)ccc1C2=O. The third kappa shape index (κ3) is 1.71. The van der Waals surface area contributed by atoms with Gasteiger partial charge < -0.3 is 0 Å². The number of benzene rings is 2. The van der Waals surface area contributed by atoms with Crippen LogP contribution in [0.2, 0.25) is 5.02 Å². The molecule has 94 valence electrons. The highest BCUT2D eigenvalue weighted by Gasteiger charge is 2.30. The molecule has 3 heteroatoms. The molecule has 3 rings (SSSR count). The molecule has 0 saturated carbocycles. The molecular formula is C16H11ClO2. The fourth-order valence-electron chi connectivity index (χ4n) is 2.38. The van der Waals surface area contributed by atoms with E-state index in [1.807, 2.05) is 13.8 Å². The number of fused-ring (bicyclic) bond motifs is 2. The highest BCUT2D eigenvalue weighted by atomic mass is 35.5. The van der Waals surface area contributed by atoms with E-state index in [0.29, 0.717) is 27.3 Å². The summed E-state index contributed by atoms with van der Waals surface area (Å²) in [5.41, 5.74) is 3.81. The molecule has 2 aromatic carbocycles. The highest BCUT2D eigenvalue weighted by molar-refractivity contribution is 6.33. The van der Waals surface area contributed by atoms with E-state index < -0.39 is 0 Å². The smallest absolute Gasteiger partial charge is 0.194 e. The molecule has 0 saturated heterocycles. The van der Waals surface area contributed by atoms with Gasteiger partial charge in [-0.3, -0.25) is 9.59 Å². The Hall–Kier alpha value is -1.93. The van der Waals surface area contributed by atoms with Crippen molar-refractivity contribution < 1.29 is 9.59 Å². The van der Waals surface area contributed by atoms with Crippen LogP contribution >= 0.6 is 11.6 Å². The van der Waals surface area contributed by atoms with Crippen molar-refractivity contribution in [1.82, 2.24) is 0 Å². The average molecular weight is 271 g/mol. The molecule has 1 aliphatic carbocycles. The van der Waals surface area contributed by atoms with Gasteiger partial charge >= 0.3 is 0 Å². The van der Waals surface area contributed by atoms with Crippen LogP contribution in [0.15, 0.2) is 30.3 Å². The molecule has 0 spiro atoms. The molecular weight excluding hydrogens is 260 g/mol. The van der Waals surface area contributed by atoms with Crippen LogP contribution in [0.1, 0.15) is 43.0 Å². The minimum Gasteiger partial charge on any atom is -0.289 e. The quantitative estimate of drug-likeness (QED) is 0.624. The van der Waals surface area contributed by atoms with Gasteiger partial charge in [-0.2, -0.15) is 0 Å². The van der Waals surface area contributed by atoms with E-state index in [1.54, 1.807) is 30.3 Å². The Morgan fingerprint density at radius 2 is 1.21 bits per heavy atom. The molecule has 0 N–H and O–H groups in total. The first-order valence-electron chi connectivity index (χ1n) is 5.99. The molecule has 1 aliphatic rings.